The first kappa shape index (κ1) is 18.5. The molecule has 2 aromatic carbocycles. The predicted molar refractivity (Wildman–Crippen MR) is 99.2 cm³/mol. The van der Waals surface area contributed by atoms with Crippen molar-refractivity contribution in [3.05, 3.63) is 70.8 Å². The van der Waals surface area contributed by atoms with Gasteiger partial charge in [0.05, 0.1) is 28.8 Å². The Labute approximate surface area is 165 Å². The molecule has 2 aliphatic heterocycles. The van der Waals surface area contributed by atoms with Crippen molar-refractivity contribution in [1.29, 1.82) is 0 Å². The quantitative estimate of drug-likeness (QED) is 0.565. The molecule has 0 aliphatic carbocycles. The molecule has 29 heavy (non-hydrogen) atoms. The van der Waals surface area contributed by atoms with E-state index in [1.807, 2.05) is 0 Å². The van der Waals surface area contributed by atoms with Gasteiger partial charge in [-0.1, -0.05) is 24.3 Å². The van der Waals surface area contributed by atoms with Crippen molar-refractivity contribution in [3.63, 3.8) is 0 Å². The highest BCUT2D eigenvalue weighted by atomic mass is 16.5. The third kappa shape index (κ3) is 2.89. The van der Waals surface area contributed by atoms with Crippen LogP contribution in [-0.4, -0.2) is 58.6 Å². The number of ether oxygens (including phenoxy) is 1. The SMILES string of the molecule is C[C@H](C(=O)OCCN1C(=O)c2ccccc2C1=O)N1C(=O)c2ccccc2C1=O. The standard InChI is InChI=1S/C21H16N2O6/c1-12(23-19(26)15-8-4-5-9-16(15)20(23)27)21(28)29-11-10-22-17(24)13-6-2-3-7-14(13)18(22)25/h2-9,12H,10-11H2,1H3/t12-/m1/s1. The number of fused-ring (bicyclic) bond motifs is 2. The van der Waals surface area contributed by atoms with Crippen molar-refractivity contribution in [2.45, 2.75) is 13.0 Å². The van der Waals surface area contributed by atoms with Crippen LogP contribution in [-0.2, 0) is 9.53 Å². The molecular formula is C21H16N2O6. The highest BCUT2D eigenvalue weighted by Crippen LogP contribution is 2.25. The van der Waals surface area contributed by atoms with Gasteiger partial charge in [-0.3, -0.25) is 29.0 Å². The monoisotopic (exact) mass is 392 g/mol. The number of imide groups is 2. The second kappa shape index (κ2) is 6.97. The van der Waals surface area contributed by atoms with Gasteiger partial charge in [0, 0.05) is 0 Å². The lowest BCUT2D eigenvalue weighted by Crippen LogP contribution is -2.44. The van der Waals surface area contributed by atoms with Crippen LogP contribution in [0.4, 0.5) is 0 Å². The molecule has 4 rings (SSSR count). The summed E-state index contributed by atoms with van der Waals surface area (Å²) in [7, 11) is 0. The Hall–Kier alpha value is -3.81. The number of hydrogen-bond donors (Lipinski definition) is 0. The van der Waals surface area contributed by atoms with E-state index in [0.29, 0.717) is 11.1 Å². The lowest BCUT2D eigenvalue weighted by Gasteiger charge is -2.21. The summed E-state index contributed by atoms with van der Waals surface area (Å²) >= 11 is 0. The Morgan fingerprint density at radius 3 is 1.66 bits per heavy atom. The highest BCUT2D eigenvalue weighted by molar-refractivity contribution is 6.23. The van der Waals surface area contributed by atoms with Gasteiger partial charge < -0.3 is 4.74 Å². The van der Waals surface area contributed by atoms with Crippen molar-refractivity contribution >= 4 is 29.6 Å². The third-order valence-electron chi connectivity index (χ3n) is 4.99. The Balaban J connectivity index is 1.38. The fraction of sp³-hybridized carbons (Fsp3) is 0.190. The second-order valence-corrected chi connectivity index (χ2v) is 6.68. The van der Waals surface area contributed by atoms with Crippen LogP contribution in [0.5, 0.6) is 0 Å². The molecule has 0 radical (unpaired) electrons. The first-order chi connectivity index (χ1) is 13.9. The number of esters is 1. The van der Waals surface area contributed by atoms with Gasteiger partial charge in [0.15, 0.2) is 0 Å². The summed E-state index contributed by atoms with van der Waals surface area (Å²) in [5.74, 6) is -2.81. The largest absolute Gasteiger partial charge is 0.462 e. The van der Waals surface area contributed by atoms with E-state index in [1.54, 1.807) is 36.4 Å². The van der Waals surface area contributed by atoms with Gasteiger partial charge in [0.25, 0.3) is 23.6 Å². The summed E-state index contributed by atoms with van der Waals surface area (Å²) in [6.45, 7) is 1.04. The Kier molecular flexibility index (Phi) is 4.46. The van der Waals surface area contributed by atoms with Crippen LogP contribution in [0.2, 0.25) is 0 Å². The van der Waals surface area contributed by atoms with Crippen molar-refractivity contribution in [2.24, 2.45) is 0 Å². The predicted octanol–water partition coefficient (Wildman–Crippen LogP) is 1.51. The van der Waals surface area contributed by atoms with E-state index in [2.05, 4.69) is 0 Å². The summed E-state index contributed by atoms with van der Waals surface area (Å²) in [4.78, 5) is 63.7. The van der Waals surface area contributed by atoms with E-state index >= 15 is 0 Å². The van der Waals surface area contributed by atoms with Gasteiger partial charge in [-0.05, 0) is 31.2 Å². The van der Waals surface area contributed by atoms with Crippen LogP contribution < -0.4 is 0 Å². The minimum absolute atomic E-state index is 0.118. The topological polar surface area (TPSA) is 101 Å². The van der Waals surface area contributed by atoms with Crippen molar-refractivity contribution < 1.29 is 28.7 Å². The van der Waals surface area contributed by atoms with Gasteiger partial charge in [-0.25, -0.2) is 4.79 Å². The molecule has 2 aliphatic rings. The number of amides is 4. The van der Waals surface area contributed by atoms with E-state index < -0.39 is 35.6 Å². The van der Waals surface area contributed by atoms with Crippen LogP contribution in [0.15, 0.2) is 48.5 Å². The Morgan fingerprint density at radius 1 is 0.793 bits per heavy atom. The van der Waals surface area contributed by atoms with E-state index in [4.69, 9.17) is 4.74 Å². The van der Waals surface area contributed by atoms with Crippen LogP contribution in [0, 0.1) is 0 Å². The minimum atomic E-state index is -1.13. The maximum absolute atomic E-state index is 12.4. The number of rotatable bonds is 5. The van der Waals surface area contributed by atoms with Gasteiger partial charge in [0.1, 0.15) is 12.6 Å². The molecule has 2 heterocycles. The lowest BCUT2D eigenvalue weighted by atomic mass is 10.1. The summed E-state index contributed by atoms with van der Waals surface area (Å²) < 4.78 is 5.14. The average molecular weight is 392 g/mol. The van der Waals surface area contributed by atoms with Crippen molar-refractivity contribution in [3.8, 4) is 0 Å². The van der Waals surface area contributed by atoms with Crippen LogP contribution in [0.25, 0.3) is 0 Å². The van der Waals surface area contributed by atoms with Crippen LogP contribution in [0.3, 0.4) is 0 Å². The van der Waals surface area contributed by atoms with E-state index in [1.165, 1.54) is 19.1 Å². The molecule has 0 saturated heterocycles. The maximum Gasteiger partial charge on any atom is 0.329 e. The van der Waals surface area contributed by atoms with Crippen molar-refractivity contribution in [1.82, 2.24) is 9.80 Å². The van der Waals surface area contributed by atoms with E-state index in [9.17, 15) is 24.0 Å². The molecule has 8 heteroatoms. The number of carbonyl (C=O) groups excluding carboxylic acids is 5. The smallest absolute Gasteiger partial charge is 0.329 e. The van der Waals surface area contributed by atoms with Crippen LogP contribution in [0.1, 0.15) is 48.4 Å². The summed E-state index contributed by atoms with van der Waals surface area (Å²) in [5.41, 5.74) is 1.10. The molecule has 2 aromatic rings. The number of benzene rings is 2. The molecule has 8 nitrogen and oxygen atoms in total. The average Bonchev–Trinajstić information content (AvgIpc) is 3.13. The fourth-order valence-corrected chi connectivity index (χ4v) is 3.47. The third-order valence-corrected chi connectivity index (χ3v) is 4.99. The molecular weight excluding hydrogens is 376 g/mol. The van der Waals surface area contributed by atoms with Gasteiger partial charge in [0.2, 0.25) is 0 Å². The molecule has 0 saturated carbocycles. The molecule has 0 unspecified atom stereocenters. The normalized spacial score (nSPS) is 16.2. The first-order valence-electron chi connectivity index (χ1n) is 9.00. The second-order valence-electron chi connectivity index (χ2n) is 6.68. The zero-order valence-corrected chi connectivity index (χ0v) is 15.5. The summed E-state index contributed by atoms with van der Waals surface area (Å²) in [6, 6.07) is 11.6. The number of hydrogen-bond acceptors (Lipinski definition) is 6. The molecule has 0 bridgehead atoms. The molecule has 1 atom stereocenters. The van der Waals surface area contributed by atoms with Crippen LogP contribution >= 0.6 is 0 Å². The molecule has 146 valence electrons. The van der Waals surface area contributed by atoms with Crippen molar-refractivity contribution in [2.75, 3.05) is 13.2 Å². The molecule has 0 N–H and O–H groups in total. The first-order valence-corrected chi connectivity index (χ1v) is 9.00. The zero-order valence-electron chi connectivity index (χ0n) is 15.5. The maximum atomic E-state index is 12.4. The van der Waals surface area contributed by atoms with Gasteiger partial charge >= 0.3 is 5.97 Å². The van der Waals surface area contributed by atoms with E-state index in [0.717, 1.165) is 9.80 Å². The molecule has 0 spiro atoms. The molecule has 0 aromatic heterocycles. The Morgan fingerprint density at radius 2 is 1.21 bits per heavy atom. The molecule has 4 amide bonds. The summed E-state index contributed by atoms with van der Waals surface area (Å²) in [5, 5.41) is 0. The molecule has 0 fully saturated rings. The highest BCUT2D eigenvalue weighted by Gasteiger charge is 2.41. The zero-order chi connectivity index (χ0) is 20.7. The van der Waals surface area contributed by atoms with Gasteiger partial charge in [-0.15, -0.1) is 0 Å². The van der Waals surface area contributed by atoms with E-state index in [-0.39, 0.29) is 24.3 Å². The fourth-order valence-electron chi connectivity index (χ4n) is 3.47. The Bertz CT molecular complexity index is 1010. The van der Waals surface area contributed by atoms with Gasteiger partial charge in [-0.2, -0.15) is 0 Å². The number of nitrogens with zero attached hydrogens (tertiary/aromatic N) is 2. The minimum Gasteiger partial charge on any atom is -0.462 e. The number of carbonyl (C=O) groups is 5. The lowest BCUT2D eigenvalue weighted by molar-refractivity contribution is -0.147. The summed E-state index contributed by atoms with van der Waals surface area (Å²) in [6.07, 6.45) is 0.